The fraction of sp³-hybridized carbons (Fsp3) is 0.286. The van der Waals surface area contributed by atoms with Crippen molar-refractivity contribution in [3.8, 4) is 0 Å². The Labute approximate surface area is 158 Å². The summed E-state index contributed by atoms with van der Waals surface area (Å²) < 4.78 is 0. The maximum Gasteiger partial charge on any atom is 0.270 e. The van der Waals surface area contributed by atoms with Crippen molar-refractivity contribution in [1.29, 1.82) is 0 Å². The number of nitro groups is 1. The lowest BCUT2D eigenvalue weighted by molar-refractivity contribution is -0.384. The molecule has 1 N–H and O–H groups in total. The summed E-state index contributed by atoms with van der Waals surface area (Å²) >= 11 is 0. The highest BCUT2D eigenvalue weighted by Gasteiger charge is 2.15. The van der Waals surface area contributed by atoms with Gasteiger partial charge in [0.25, 0.3) is 5.69 Å². The van der Waals surface area contributed by atoms with Crippen LogP contribution < -0.4 is 10.2 Å². The molecule has 2 aromatic carbocycles. The van der Waals surface area contributed by atoms with Crippen LogP contribution in [0.15, 0.2) is 54.6 Å². The minimum atomic E-state index is -0.448. The van der Waals surface area contributed by atoms with E-state index in [1.165, 1.54) is 29.5 Å². The first kappa shape index (κ1) is 18.6. The van der Waals surface area contributed by atoms with Crippen LogP contribution in [-0.4, -0.2) is 30.5 Å². The molecule has 0 radical (unpaired) electrons. The van der Waals surface area contributed by atoms with E-state index in [4.69, 9.17) is 0 Å². The van der Waals surface area contributed by atoms with E-state index < -0.39 is 4.92 Å². The van der Waals surface area contributed by atoms with E-state index in [9.17, 15) is 14.9 Å². The van der Waals surface area contributed by atoms with Gasteiger partial charge >= 0.3 is 0 Å². The fourth-order valence-corrected chi connectivity index (χ4v) is 3.30. The number of carbonyl (C=O) groups is 1. The van der Waals surface area contributed by atoms with Crippen LogP contribution in [0.2, 0.25) is 0 Å². The minimum Gasteiger partial charge on any atom is -0.371 e. The van der Waals surface area contributed by atoms with Gasteiger partial charge in [0.05, 0.1) is 4.92 Å². The predicted molar refractivity (Wildman–Crippen MR) is 107 cm³/mol. The highest BCUT2D eigenvalue weighted by molar-refractivity contribution is 5.91. The smallest absolute Gasteiger partial charge is 0.270 e. The van der Waals surface area contributed by atoms with E-state index in [-0.39, 0.29) is 11.6 Å². The van der Waals surface area contributed by atoms with Crippen molar-refractivity contribution < 1.29 is 9.72 Å². The molecule has 1 aliphatic rings. The molecule has 0 bridgehead atoms. The van der Waals surface area contributed by atoms with E-state index >= 15 is 0 Å². The van der Waals surface area contributed by atoms with Gasteiger partial charge in [0, 0.05) is 43.5 Å². The number of aryl methyl sites for hydroxylation is 1. The number of nitrogens with one attached hydrogen (secondary N) is 1. The molecule has 0 atom stereocenters. The Morgan fingerprint density at radius 3 is 2.93 bits per heavy atom. The lowest BCUT2D eigenvalue weighted by Crippen LogP contribution is -2.32. The minimum absolute atomic E-state index is 0.0133. The van der Waals surface area contributed by atoms with Crippen molar-refractivity contribution >= 4 is 23.4 Å². The lowest BCUT2D eigenvalue weighted by atomic mass is 10.0. The van der Waals surface area contributed by atoms with Gasteiger partial charge < -0.3 is 10.2 Å². The first-order valence-corrected chi connectivity index (χ1v) is 9.17. The molecule has 0 unspecified atom stereocenters. The quantitative estimate of drug-likeness (QED) is 0.352. The molecule has 0 aromatic heterocycles. The van der Waals surface area contributed by atoms with Gasteiger partial charge in [-0.2, -0.15) is 0 Å². The third-order valence-corrected chi connectivity index (χ3v) is 4.62. The van der Waals surface area contributed by atoms with Gasteiger partial charge in [-0.25, -0.2) is 0 Å². The SMILES string of the molecule is O=C(/C=C/c1cccc([N+](=O)[O-])c1)NCCCN1CCCc2ccccc21. The van der Waals surface area contributed by atoms with E-state index in [2.05, 4.69) is 34.5 Å². The molecule has 0 fully saturated rings. The fourth-order valence-electron chi connectivity index (χ4n) is 3.30. The number of anilines is 1. The van der Waals surface area contributed by atoms with Crippen LogP contribution >= 0.6 is 0 Å². The molecule has 0 aliphatic carbocycles. The normalized spacial score (nSPS) is 13.4. The Morgan fingerprint density at radius 1 is 1.22 bits per heavy atom. The number of non-ortho nitro benzene ring substituents is 1. The number of benzene rings is 2. The molecular formula is C21H23N3O3. The molecule has 2 aromatic rings. The topological polar surface area (TPSA) is 75.5 Å². The summed E-state index contributed by atoms with van der Waals surface area (Å²) in [5.74, 6) is -0.194. The van der Waals surface area contributed by atoms with Crippen molar-refractivity contribution in [2.75, 3.05) is 24.5 Å². The molecule has 6 heteroatoms. The van der Waals surface area contributed by atoms with E-state index in [0.717, 1.165) is 32.4 Å². The summed E-state index contributed by atoms with van der Waals surface area (Å²) in [7, 11) is 0. The molecule has 0 spiro atoms. The largest absolute Gasteiger partial charge is 0.371 e. The highest BCUT2D eigenvalue weighted by Crippen LogP contribution is 2.26. The lowest BCUT2D eigenvalue weighted by Gasteiger charge is -2.31. The summed E-state index contributed by atoms with van der Waals surface area (Å²) in [5.41, 5.74) is 3.34. The average Bonchev–Trinajstić information content (AvgIpc) is 2.70. The third kappa shape index (κ3) is 5.17. The molecule has 3 rings (SSSR count). The van der Waals surface area contributed by atoms with Gasteiger partial charge in [-0.1, -0.05) is 30.3 Å². The van der Waals surface area contributed by atoms with Crippen LogP contribution in [0, 0.1) is 10.1 Å². The summed E-state index contributed by atoms with van der Waals surface area (Å²) in [4.78, 5) is 24.6. The zero-order chi connectivity index (χ0) is 19.1. The van der Waals surface area contributed by atoms with Gasteiger partial charge in [-0.3, -0.25) is 14.9 Å². The predicted octanol–water partition coefficient (Wildman–Crippen LogP) is 3.57. The summed E-state index contributed by atoms with van der Waals surface area (Å²) in [6.45, 7) is 2.56. The number of carbonyl (C=O) groups excluding carboxylic acids is 1. The second kappa shape index (κ2) is 8.98. The van der Waals surface area contributed by atoms with Gasteiger partial charge in [-0.15, -0.1) is 0 Å². The maximum absolute atomic E-state index is 11.9. The first-order chi connectivity index (χ1) is 13.1. The molecule has 27 heavy (non-hydrogen) atoms. The second-order valence-electron chi connectivity index (χ2n) is 6.55. The van der Waals surface area contributed by atoms with Crippen molar-refractivity contribution in [2.24, 2.45) is 0 Å². The van der Waals surface area contributed by atoms with Crippen LogP contribution in [0.5, 0.6) is 0 Å². The Balaban J connectivity index is 1.44. The van der Waals surface area contributed by atoms with Crippen molar-refractivity contribution in [2.45, 2.75) is 19.3 Å². The number of hydrogen-bond donors (Lipinski definition) is 1. The standard InChI is InChI=1S/C21H23N3O3/c25-21(12-11-17-6-3-9-19(16-17)24(26)27)22-13-5-15-23-14-4-8-18-7-1-2-10-20(18)23/h1-3,6-7,9-12,16H,4-5,8,13-15H2,(H,22,25)/b12-11+. The molecule has 6 nitrogen and oxygen atoms in total. The van der Waals surface area contributed by atoms with Crippen LogP contribution in [0.1, 0.15) is 24.0 Å². The van der Waals surface area contributed by atoms with Crippen molar-refractivity contribution in [3.05, 3.63) is 75.8 Å². The van der Waals surface area contributed by atoms with Crippen LogP contribution in [0.4, 0.5) is 11.4 Å². The number of rotatable bonds is 7. The van der Waals surface area contributed by atoms with Crippen LogP contribution in [-0.2, 0) is 11.2 Å². The van der Waals surface area contributed by atoms with Gasteiger partial charge in [0.2, 0.25) is 5.91 Å². The molecule has 140 valence electrons. The Kier molecular flexibility index (Phi) is 6.20. The summed E-state index contributed by atoms with van der Waals surface area (Å²) in [6.07, 6.45) is 6.16. The maximum atomic E-state index is 11.9. The van der Waals surface area contributed by atoms with Crippen molar-refractivity contribution in [1.82, 2.24) is 5.32 Å². The highest BCUT2D eigenvalue weighted by atomic mass is 16.6. The monoisotopic (exact) mass is 365 g/mol. The second-order valence-corrected chi connectivity index (χ2v) is 6.55. The van der Waals surface area contributed by atoms with Gasteiger partial charge in [0.1, 0.15) is 0 Å². The molecule has 1 amide bonds. The number of nitro benzene ring substituents is 1. The van der Waals surface area contributed by atoms with Gasteiger partial charge in [0.15, 0.2) is 0 Å². The third-order valence-electron chi connectivity index (χ3n) is 4.62. The number of para-hydroxylation sites is 1. The summed E-state index contributed by atoms with van der Waals surface area (Å²) in [5, 5.41) is 13.6. The van der Waals surface area contributed by atoms with Crippen LogP contribution in [0.25, 0.3) is 6.08 Å². The average molecular weight is 365 g/mol. The van der Waals surface area contributed by atoms with E-state index in [0.29, 0.717) is 12.1 Å². The number of nitrogens with zero attached hydrogens (tertiary/aromatic N) is 2. The van der Waals surface area contributed by atoms with Crippen LogP contribution in [0.3, 0.4) is 0 Å². The zero-order valence-corrected chi connectivity index (χ0v) is 15.1. The zero-order valence-electron chi connectivity index (χ0n) is 15.1. The van der Waals surface area contributed by atoms with E-state index in [1.807, 2.05) is 0 Å². The number of hydrogen-bond acceptors (Lipinski definition) is 4. The Hall–Kier alpha value is -3.15. The number of fused-ring (bicyclic) bond motifs is 1. The molecular weight excluding hydrogens is 342 g/mol. The first-order valence-electron chi connectivity index (χ1n) is 9.17. The molecule has 1 heterocycles. The molecule has 0 saturated heterocycles. The van der Waals surface area contributed by atoms with Gasteiger partial charge in [-0.05, 0) is 42.5 Å². The summed E-state index contributed by atoms with van der Waals surface area (Å²) in [6, 6.07) is 14.7. The van der Waals surface area contributed by atoms with E-state index in [1.54, 1.807) is 18.2 Å². The Bertz CT molecular complexity index is 848. The number of amides is 1. The van der Waals surface area contributed by atoms with Crippen molar-refractivity contribution in [3.63, 3.8) is 0 Å². The Morgan fingerprint density at radius 2 is 2.07 bits per heavy atom. The molecule has 1 aliphatic heterocycles. The molecule has 0 saturated carbocycles.